The lowest BCUT2D eigenvalue weighted by Crippen LogP contribution is -2.44. The number of rotatable bonds is 4. The first-order valence-electron chi connectivity index (χ1n) is 6.82. The van der Waals surface area contributed by atoms with Crippen molar-refractivity contribution in [1.82, 2.24) is 10.6 Å². The van der Waals surface area contributed by atoms with Gasteiger partial charge in [0.25, 0.3) is 5.91 Å². The molecule has 1 saturated heterocycles. The average Bonchev–Trinajstić information content (AvgIpc) is 2.46. The normalized spacial score (nSPS) is 19.7. The molecule has 1 fully saturated rings. The monoisotopic (exact) mass is 262 g/mol. The van der Waals surface area contributed by atoms with E-state index in [1.54, 1.807) is 12.1 Å². The molecule has 1 unspecified atom stereocenters. The van der Waals surface area contributed by atoms with Crippen LogP contribution in [0.25, 0.3) is 0 Å². The molecule has 1 aromatic carbocycles. The van der Waals surface area contributed by atoms with Gasteiger partial charge in [-0.25, -0.2) is 0 Å². The Morgan fingerprint density at radius 1 is 1.37 bits per heavy atom. The predicted molar refractivity (Wildman–Crippen MR) is 74.6 cm³/mol. The summed E-state index contributed by atoms with van der Waals surface area (Å²) in [5.41, 5.74) is 0.771. The molecule has 1 aliphatic heterocycles. The van der Waals surface area contributed by atoms with E-state index in [1.165, 1.54) is 0 Å². The number of hydrogen-bond acceptors (Lipinski definition) is 3. The molecule has 2 rings (SSSR count). The summed E-state index contributed by atoms with van der Waals surface area (Å²) in [6.07, 6.45) is 1.02. The Hall–Kier alpha value is -1.39. The zero-order valence-electron chi connectivity index (χ0n) is 11.4. The smallest absolute Gasteiger partial charge is 0.253 e. The van der Waals surface area contributed by atoms with Crippen molar-refractivity contribution in [3.05, 3.63) is 35.9 Å². The van der Waals surface area contributed by atoms with E-state index in [-0.39, 0.29) is 11.3 Å². The third-order valence-corrected chi connectivity index (χ3v) is 3.86. The van der Waals surface area contributed by atoms with E-state index < -0.39 is 6.10 Å². The largest absolute Gasteiger partial charge is 0.378 e. The zero-order chi connectivity index (χ0) is 13.7. The summed E-state index contributed by atoms with van der Waals surface area (Å²) in [5.74, 6) is -0.314. The first-order chi connectivity index (χ1) is 9.11. The SMILES string of the molecule is CC1(CNC(=O)C(O)c2ccccc2)CCNCC1. The number of carbonyl (C=O) groups is 1. The predicted octanol–water partition coefficient (Wildman–Crippen LogP) is 1.23. The van der Waals surface area contributed by atoms with Crippen molar-refractivity contribution in [2.24, 2.45) is 5.41 Å². The molecule has 1 aromatic rings. The Balaban J connectivity index is 1.87. The van der Waals surface area contributed by atoms with Crippen molar-refractivity contribution in [3.8, 4) is 0 Å². The van der Waals surface area contributed by atoms with Crippen LogP contribution in [0.5, 0.6) is 0 Å². The van der Waals surface area contributed by atoms with Crippen LogP contribution in [-0.4, -0.2) is 30.6 Å². The Bertz CT molecular complexity index is 413. The van der Waals surface area contributed by atoms with Crippen LogP contribution >= 0.6 is 0 Å². The highest BCUT2D eigenvalue weighted by molar-refractivity contribution is 5.81. The Labute approximate surface area is 114 Å². The lowest BCUT2D eigenvalue weighted by molar-refractivity contribution is -0.130. The Kier molecular flexibility index (Phi) is 4.56. The van der Waals surface area contributed by atoms with Crippen LogP contribution in [0.1, 0.15) is 31.4 Å². The van der Waals surface area contributed by atoms with Crippen LogP contribution in [0.3, 0.4) is 0 Å². The van der Waals surface area contributed by atoms with Gasteiger partial charge in [0.1, 0.15) is 0 Å². The third kappa shape index (κ3) is 3.78. The second kappa shape index (κ2) is 6.17. The molecular formula is C15H22N2O2. The van der Waals surface area contributed by atoms with Crippen LogP contribution in [0.15, 0.2) is 30.3 Å². The van der Waals surface area contributed by atoms with E-state index in [0.717, 1.165) is 25.9 Å². The molecule has 1 heterocycles. The summed E-state index contributed by atoms with van der Waals surface area (Å²) in [4.78, 5) is 12.0. The van der Waals surface area contributed by atoms with Gasteiger partial charge in [0.15, 0.2) is 6.10 Å². The van der Waals surface area contributed by atoms with E-state index in [0.29, 0.717) is 12.1 Å². The van der Waals surface area contributed by atoms with Crippen LogP contribution in [-0.2, 0) is 4.79 Å². The van der Waals surface area contributed by atoms with Crippen molar-refractivity contribution in [2.75, 3.05) is 19.6 Å². The number of amides is 1. The van der Waals surface area contributed by atoms with Crippen molar-refractivity contribution >= 4 is 5.91 Å². The quantitative estimate of drug-likeness (QED) is 0.765. The minimum atomic E-state index is -1.08. The Morgan fingerprint density at radius 2 is 2.00 bits per heavy atom. The molecule has 1 atom stereocenters. The van der Waals surface area contributed by atoms with Crippen LogP contribution in [0.2, 0.25) is 0 Å². The molecule has 1 amide bonds. The highest BCUT2D eigenvalue weighted by atomic mass is 16.3. The van der Waals surface area contributed by atoms with Gasteiger partial charge in [-0.3, -0.25) is 4.79 Å². The molecule has 3 N–H and O–H groups in total. The molecular weight excluding hydrogens is 240 g/mol. The van der Waals surface area contributed by atoms with Crippen molar-refractivity contribution in [1.29, 1.82) is 0 Å². The molecule has 4 heteroatoms. The second-order valence-corrected chi connectivity index (χ2v) is 5.59. The van der Waals surface area contributed by atoms with Crippen molar-refractivity contribution in [3.63, 3.8) is 0 Å². The molecule has 4 nitrogen and oxygen atoms in total. The number of aliphatic hydroxyl groups is 1. The summed E-state index contributed by atoms with van der Waals surface area (Å²) < 4.78 is 0. The van der Waals surface area contributed by atoms with Gasteiger partial charge in [-0.1, -0.05) is 37.3 Å². The minimum Gasteiger partial charge on any atom is -0.378 e. The molecule has 19 heavy (non-hydrogen) atoms. The number of nitrogens with one attached hydrogen (secondary N) is 2. The molecule has 104 valence electrons. The van der Waals surface area contributed by atoms with E-state index in [9.17, 15) is 9.90 Å². The summed E-state index contributed by atoms with van der Waals surface area (Å²) in [7, 11) is 0. The molecule has 0 saturated carbocycles. The Morgan fingerprint density at radius 3 is 2.63 bits per heavy atom. The third-order valence-electron chi connectivity index (χ3n) is 3.86. The number of piperidine rings is 1. The van der Waals surface area contributed by atoms with Gasteiger partial charge >= 0.3 is 0 Å². The highest BCUT2D eigenvalue weighted by Crippen LogP contribution is 2.27. The maximum atomic E-state index is 12.0. The van der Waals surface area contributed by atoms with Crippen LogP contribution < -0.4 is 10.6 Å². The lowest BCUT2D eigenvalue weighted by atomic mass is 9.81. The van der Waals surface area contributed by atoms with Gasteiger partial charge in [-0.2, -0.15) is 0 Å². The van der Waals surface area contributed by atoms with Crippen LogP contribution in [0.4, 0.5) is 0 Å². The molecule has 0 bridgehead atoms. The maximum Gasteiger partial charge on any atom is 0.253 e. The number of hydrogen-bond donors (Lipinski definition) is 3. The molecule has 0 aliphatic carbocycles. The van der Waals surface area contributed by atoms with Crippen LogP contribution in [0, 0.1) is 5.41 Å². The van der Waals surface area contributed by atoms with Gasteiger partial charge in [0.2, 0.25) is 0 Å². The van der Waals surface area contributed by atoms with Gasteiger partial charge in [0.05, 0.1) is 0 Å². The number of aliphatic hydroxyl groups excluding tert-OH is 1. The second-order valence-electron chi connectivity index (χ2n) is 5.59. The summed E-state index contributed by atoms with van der Waals surface area (Å²) in [6, 6.07) is 9.02. The molecule has 0 radical (unpaired) electrons. The summed E-state index contributed by atoms with van der Waals surface area (Å²) >= 11 is 0. The number of carbonyl (C=O) groups excluding carboxylic acids is 1. The molecule has 0 aromatic heterocycles. The van der Waals surface area contributed by atoms with E-state index >= 15 is 0 Å². The van der Waals surface area contributed by atoms with Gasteiger partial charge in [-0.05, 0) is 36.9 Å². The number of benzene rings is 1. The molecule has 1 aliphatic rings. The van der Waals surface area contributed by atoms with E-state index in [1.807, 2.05) is 18.2 Å². The summed E-state index contributed by atoms with van der Waals surface area (Å²) in [5, 5.41) is 16.2. The average molecular weight is 262 g/mol. The fourth-order valence-electron chi connectivity index (χ4n) is 2.39. The van der Waals surface area contributed by atoms with E-state index in [4.69, 9.17) is 0 Å². The minimum absolute atomic E-state index is 0.136. The zero-order valence-corrected chi connectivity index (χ0v) is 11.4. The van der Waals surface area contributed by atoms with Gasteiger partial charge in [0, 0.05) is 6.54 Å². The van der Waals surface area contributed by atoms with Gasteiger partial charge < -0.3 is 15.7 Å². The molecule has 0 spiro atoms. The van der Waals surface area contributed by atoms with E-state index in [2.05, 4.69) is 17.6 Å². The van der Waals surface area contributed by atoms with Crippen molar-refractivity contribution < 1.29 is 9.90 Å². The standard InChI is InChI=1S/C15H22N2O2/c1-15(7-9-16-10-8-15)11-17-14(19)13(18)12-5-3-2-4-6-12/h2-6,13,16,18H,7-11H2,1H3,(H,17,19). The fraction of sp³-hybridized carbons (Fsp3) is 0.533. The van der Waals surface area contributed by atoms with Crippen molar-refractivity contribution in [2.45, 2.75) is 25.9 Å². The first-order valence-corrected chi connectivity index (χ1v) is 6.82. The van der Waals surface area contributed by atoms with Gasteiger partial charge in [-0.15, -0.1) is 0 Å². The maximum absolute atomic E-state index is 12.0. The highest BCUT2D eigenvalue weighted by Gasteiger charge is 2.28. The fourth-order valence-corrected chi connectivity index (χ4v) is 2.39. The summed E-state index contributed by atoms with van der Waals surface area (Å²) in [6.45, 7) is 4.79. The first kappa shape index (κ1) is 14.0. The topological polar surface area (TPSA) is 61.4 Å². The lowest BCUT2D eigenvalue weighted by Gasteiger charge is -2.34.